The van der Waals surface area contributed by atoms with Crippen LogP contribution in [-0.2, 0) is 0 Å². The van der Waals surface area contributed by atoms with Crippen LogP contribution in [0.25, 0.3) is 0 Å². The molecule has 0 saturated carbocycles. The molecular formula is C14H9BrFNO4. The van der Waals surface area contributed by atoms with Crippen LogP contribution in [0.2, 0.25) is 0 Å². The Morgan fingerprint density at radius 3 is 2.62 bits per heavy atom. The smallest absolute Gasteiger partial charge is 0.312 e. The highest BCUT2D eigenvalue weighted by Crippen LogP contribution is 2.37. The van der Waals surface area contributed by atoms with Crippen LogP contribution in [0, 0.1) is 22.9 Å². The Kier molecular flexibility index (Phi) is 4.32. The lowest BCUT2D eigenvalue weighted by molar-refractivity contribution is -0.385. The van der Waals surface area contributed by atoms with Crippen LogP contribution in [0.5, 0.6) is 11.5 Å². The van der Waals surface area contributed by atoms with Gasteiger partial charge >= 0.3 is 5.69 Å². The van der Waals surface area contributed by atoms with Crippen molar-refractivity contribution in [2.75, 3.05) is 0 Å². The number of hydrogen-bond acceptors (Lipinski definition) is 4. The summed E-state index contributed by atoms with van der Waals surface area (Å²) in [6.45, 7) is 1.62. The molecule has 7 heteroatoms. The number of ether oxygens (including phenoxy) is 1. The summed E-state index contributed by atoms with van der Waals surface area (Å²) in [6.07, 6.45) is 0.500. The Labute approximate surface area is 127 Å². The van der Waals surface area contributed by atoms with Gasteiger partial charge in [0.05, 0.1) is 4.92 Å². The molecule has 5 nitrogen and oxygen atoms in total. The molecule has 108 valence electrons. The maximum Gasteiger partial charge on any atom is 0.312 e. The van der Waals surface area contributed by atoms with E-state index in [1.54, 1.807) is 13.0 Å². The van der Waals surface area contributed by atoms with Crippen molar-refractivity contribution >= 4 is 27.9 Å². The van der Waals surface area contributed by atoms with Gasteiger partial charge < -0.3 is 4.74 Å². The fourth-order valence-corrected chi connectivity index (χ4v) is 2.32. The molecule has 2 rings (SSSR count). The number of carbonyl (C=O) groups is 1. The van der Waals surface area contributed by atoms with Crippen LogP contribution in [0.3, 0.4) is 0 Å². The Morgan fingerprint density at radius 2 is 2.05 bits per heavy atom. The Bertz CT molecular complexity index is 733. The molecule has 0 bridgehead atoms. The Morgan fingerprint density at radius 1 is 1.33 bits per heavy atom. The number of carbonyl (C=O) groups excluding carboxylic acids is 1. The normalized spacial score (nSPS) is 10.2. The monoisotopic (exact) mass is 353 g/mol. The Hall–Kier alpha value is -2.28. The second kappa shape index (κ2) is 6.01. The second-order valence-corrected chi connectivity index (χ2v) is 5.15. The maximum absolute atomic E-state index is 13.8. The Balaban J connectivity index is 2.49. The molecule has 21 heavy (non-hydrogen) atoms. The van der Waals surface area contributed by atoms with Crippen LogP contribution >= 0.6 is 15.9 Å². The van der Waals surface area contributed by atoms with E-state index < -0.39 is 10.7 Å². The molecule has 0 N–H and O–H groups in total. The molecular weight excluding hydrogens is 345 g/mol. The number of nitrogens with zero attached hydrogens (tertiary/aromatic N) is 1. The van der Waals surface area contributed by atoms with Gasteiger partial charge in [-0.15, -0.1) is 0 Å². The summed E-state index contributed by atoms with van der Waals surface area (Å²) in [5.74, 6) is -0.994. The van der Waals surface area contributed by atoms with Crippen molar-refractivity contribution in [3.05, 3.63) is 61.9 Å². The third kappa shape index (κ3) is 3.25. The van der Waals surface area contributed by atoms with Gasteiger partial charge in [-0.1, -0.05) is 15.9 Å². The molecule has 0 fully saturated rings. The van der Waals surface area contributed by atoms with Gasteiger partial charge in [-0.2, -0.15) is 0 Å². The first-order valence-corrected chi connectivity index (χ1v) is 6.59. The van der Waals surface area contributed by atoms with Crippen molar-refractivity contribution < 1.29 is 18.8 Å². The van der Waals surface area contributed by atoms with Gasteiger partial charge in [0.2, 0.25) is 5.75 Å². The predicted molar refractivity (Wildman–Crippen MR) is 77.4 cm³/mol. The molecule has 0 aliphatic carbocycles. The number of rotatable bonds is 4. The minimum Gasteiger partial charge on any atom is -0.447 e. The zero-order valence-electron chi connectivity index (χ0n) is 10.8. The van der Waals surface area contributed by atoms with Crippen LogP contribution in [0.15, 0.2) is 34.8 Å². The van der Waals surface area contributed by atoms with Gasteiger partial charge in [0.15, 0.2) is 11.6 Å². The molecule has 0 aliphatic rings. The highest BCUT2D eigenvalue weighted by Gasteiger charge is 2.21. The van der Waals surface area contributed by atoms with Crippen LogP contribution in [0.4, 0.5) is 10.1 Å². The van der Waals surface area contributed by atoms with E-state index >= 15 is 0 Å². The summed E-state index contributed by atoms with van der Waals surface area (Å²) < 4.78 is 19.7. The quantitative estimate of drug-likeness (QED) is 0.463. The van der Waals surface area contributed by atoms with Gasteiger partial charge in [-0.05, 0) is 36.8 Å². The van der Waals surface area contributed by atoms with Gasteiger partial charge in [0.1, 0.15) is 6.29 Å². The number of nitro groups is 1. The van der Waals surface area contributed by atoms with Crippen molar-refractivity contribution in [1.82, 2.24) is 0 Å². The molecule has 2 aromatic carbocycles. The minimum absolute atomic E-state index is 0.0408. The third-order valence-corrected chi connectivity index (χ3v) is 3.18. The highest BCUT2D eigenvalue weighted by molar-refractivity contribution is 9.10. The highest BCUT2D eigenvalue weighted by atomic mass is 79.9. The molecule has 0 aromatic heterocycles. The van der Waals surface area contributed by atoms with Crippen molar-refractivity contribution in [2.45, 2.75) is 6.92 Å². The molecule has 0 saturated heterocycles. The molecule has 2 aromatic rings. The molecule has 0 spiro atoms. The van der Waals surface area contributed by atoms with Crippen molar-refractivity contribution in [3.63, 3.8) is 0 Å². The summed E-state index contributed by atoms with van der Waals surface area (Å²) in [7, 11) is 0. The second-order valence-electron chi connectivity index (χ2n) is 4.24. The average molecular weight is 354 g/mol. The van der Waals surface area contributed by atoms with Crippen LogP contribution in [0.1, 0.15) is 15.9 Å². The van der Waals surface area contributed by atoms with Gasteiger partial charge in [0.25, 0.3) is 0 Å². The van der Waals surface area contributed by atoms with E-state index in [9.17, 15) is 19.3 Å². The zero-order valence-corrected chi connectivity index (χ0v) is 12.4. The van der Waals surface area contributed by atoms with E-state index in [4.69, 9.17) is 4.74 Å². The van der Waals surface area contributed by atoms with Crippen molar-refractivity contribution in [1.29, 1.82) is 0 Å². The van der Waals surface area contributed by atoms with Crippen molar-refractivity contribution in [3.8, 4) is 11.5 Å². The van der Waals surface area contributed by atoms with Crippen molar-refractivity contribution in [2.24, 2.45) is 0 Å². The standard InChI is InChI=1S/C14H9BrFNO4/c1-8-4-10(15)6-12(17(19)20)14(8)21-13-3-2-9(7-18)5-11(13)16/h2-7H,1H3. The van der Waals surface area contributed by atoms with E-state index in [-0.39, 0.29) is 22.7 Å². The van der Waals surface area contributed by atoms with E-state index in [0.29, 0.717) is 16.3 Å². The number of halogens is 2. The summed E-state index contributed by atoms with van der Waals surface area (Å²) in [5, 5.41) is 11.1. The van der Waals surface area contributed by atoms with Crippen LogP contribution < -0.4 is 4.74 Å². The molecule has 0 radical (unpaired) electrons. The summed E-state index contributed by atoms with van der Waals surface area (Å²) in [4.78, 5) is 21.0. The van der Waals surface area contributed by atoms with E-state index in [0.717, 1.165) is 6.07 Å². The lowest BCUT2D eigenvalue weighted by atomic mass is 10.2. The minimum atomic E-state index is -0.767. The lowest BCUT2D eigenvalue weighted by Crippen LogP contribution is -1.98. The number of aryl methyl sites for hydroxylation is 1. The fourth-order valence-electron chi connectivity index (χ4n) is 1.76. The molecule has 0 atom stereocenters. The topological polar surface area (TPSA) is 69.4 Å². The largest absolute Gasteiger partial charge is 0.447 e. The van der Waals surface area contributed by atoms with Crippen LogP contribution in [-0.4, -0.2) is 11.2 Å². The first-order chi connectivity index (χ1) is 9.92. The third-order valence-electron chi connectivity index (χ3n) is 2.72. The van der Waals surface area contributed by atoms with Gasteiger partial charge in [0, 0.05) is 16.1 Å². The van der Waals surface area contributed by atoms with E-state index in [1.165, 1.54) is 18.2 Å². The molecule has 0 amide bonds. The zero-order chi connectivity index (χ0) is 15.6. The van der Waals surface area contributed by atoms with Gasteiger partial charge in [-0.3, -0.25) is 14.9 Å². The molecule has 0 aliphatic heterocycles. The summed E-state index contributed by atoms with van der Waals surface area (Å²) in [6, 6.07) is 6.53. The maximum atomic E-state index is 13.8. The SMILES string of the molecule is Cc1cc(Br)cc([N+](=O)[O-])c1Oc1ccc(C=O)cc1F. The van der Waals surface area contributed by atoms with Gasteiger partial charge in [-0.25, -0.2) is 4.39 Å². The first kappa shape index (κ1) is 15.1. The number of aldehydes is 1. The predicted octanol–water partition coefficient (Wildman–Crippen LogP) is 4.41. The van der Waals surface area contributed by atoms with E-state index in [1.807, 2.05) is 0 Å². The molecule has 0 unspecified atom stereocenters. The lowest BCUT2D eigenvalue weighted by Gasteiger charge is -2.10. The van der Waals surface area contributed by atoms with E-state index in [2.05, 4.69) is 15.9 Å². The summed E-state index contributed by atoms with van der Waals surface area (Å²) in [5.41, 5.74) is 0.359. The average Bonchev–Trinajstić information content (AvgIpc) is 2.42. The molecule has 0 heterocycles. The first-order valence-electron chi connectivity index (χ1n) is 5.79. The number of hydrogen-bond donors (Lipinski definition) is 0. The fraction of sp³-hybridized carbons (Fsp3) is 0.0714. The number of nitro benzene ring substituents is 1. The summed E-state index contributed by atoms with van der Waals surface area (Å²) >= 11 is 3.16. The number of benzene rings is 2.